The van der Waals surface area contributed by atoms with E-state index in [-0.39, 0.29) is 36.2 Å². The molecule has 6 nitrogen and oxygen atoms in total. The highest BCUT2D eigenvalue weighted by molar-refractivity contribution is 5.98. The summed E-state index contributed by atoms with van der Waals surface area (Å²) in [6.07, 6.45) is -3.64. The highest BCUT2D eigenvalue weighted by atomic mass is 19.4. The first-order valence-corrected chi connectivity index (χ1v) is 10.8. The summed E-state index contributed by atoms with van der Waals surface area (Å²) in [5, 5.41) is 4.12. The predicted molar refractivity (Wildman–Crippen MR) is 119 cm³/mol. The van der Waals surface area contributed by atoms with Gasteiger partial charge in [-0.3, -0.25) is 14.4 Å². The Bertz CT molecular complexity index is 1280. The fourth-order valence-electron chi connectivity index (χ4n) is 4.10. The lowest BCUT2D eigenvalue weighted by atomic mass is 9.89. The maximum atomic E-state index is 13.1. The van der Waals surface area contributed by atoms with Crippen molar-refractivity contribution in [1.82, 2.24) is 14.7 Å². The topological polar surface area (TPSA) is 72.3 Å². The van der Waals surface area contributed by atoms with Crippen molar-refractivity contribution in [3.63, 3.8) is 0 Å². The molecule has 0 N–H and O–H groups in total. The lowest BCUT2D eigenvalue weighted by Gasteiger charge is -2.31. The molecule has 1 amide bonds. The Kier molecular flexibility index (Phi) is 6.37. The zero-order chi connectivity index (χ0) is 24.5. The summed E-state index contributed by atoms with van der Waals surface area (Å²) < 4.78 is 40.6. The highest BCUT2D eigenvalue weighted by Crippen LogP contribution is 2.30. The Morgan fingerprint density at radius 3 is 2.29 bits per heavy atom. The van der Waals surface area contributed by atoms with Gasteiger partial charge in [0.25, 0.3) is 5.91 Å². The molecule has 1 saturated heterocycles. The molecule has 0 aliphatic carbocycles. The number of piperidine rings is 1. The summed E-state index contributed by atoms with van der Waals surface area (Å²) in [5.41, 5.74) is -0.815. The predicted octanol–water partition coefficient (Wildman–Crippen LogP) is 4.29. The molecule has 1 fully saturated rings. The minimum absolute atomic E-state index is 0.0214. The third-order valence-corrected chi connectivity index (χ3v) is 5.94. The number of nitrogens with zero attached hydrogens (tertiary/aromatic N) is 3. The number of carbonyl (C=O) groups is 2. The number of ketones is 1. The van der Waals surface area contributed by atoms with E-state index in [9.17, 15) is 27.6 Å². The third kappa shape index (κ3) is 4.78. The summed E-state index contributed by atoms with van der Waals surface area (Å²) in [7, 11) is 0. The normalized spacial score (nSPS) is 14.8. The number of amides is 1. The van der Waals surface area contributed by atoms with Crippen molar-refractivity contribution in [3.05, 3.63) is 93.4 Å². The molecule has 1 aromatic heterocycles. The second-order valence-electron chi connectivity index (χ2n) is 8.26. The average molecular weight is 469 g/mol. The van der Waals surface area contributed by atoms with Crippen LogP contribution in [0.5, 0.6) is 0 Å². The molecule has 4 rings (SSSR count). The molecule has 0 radical (unpaired) electrons. The van der Waals surface area contributed by atoms with Crippen LogP contribution in [0.3, 0.4) is 0 Å². The van der Waals surface area contributed by atoms with Gasteiger partial charge in [0.15, 0.2) is 11.5 Å². The third-order valence-electron chi connectivity index (χ3n) is 5.94. The number of likely N-dealkylation sites (tertiary alicyclic amines) is 1. The molecule has 2 heterocycles. The maximum absolute atomic E-state index is 13.1. The van der Waals surface area contributed by atoms with Gasteiger partial charge in [-0.25, -0.2) is 4.68 Å². The summed E-state index contributed by atoms with van der Waals surface area (Å²) >= 11 is 0. The number of carbonyl (C=O) groups excluding carboxylic acids is 2. The van der Waals surface area contributed by atoms with Gasteiger partial charge in [0.05, 0.1) is 11.3 Å². The van der Waals surface area contributed by atoms with Crippen LogP contribution in [0.2, 0.25) is 0 Å². The fourth-order valence-corrected chi connectivity index (χ4v) is 4.10. The molecule has 3 aromatic rings. The van der Waals surface area contributed by atoms with Crippen LogP contribution in [-0.2, 0) is 6.18 Å². The average Bonchev–Trinajstić information content (AvgIpc) is 2.83. The zero-order valence-corrected chi connectivity index (χ0v) is 18.4. The lowest BCUT2D eigenvalue weighted by Crippen LogP contribution is -2.42. The summed E-state index contributed by atoms with van der Waals surface area (Å²) in [5.74, 6) is -0.802. The van der Waals surface area contributed by atoms with Gasteiger partial charge in [-0.15, -0.1) is 0 Å². The SMILES string of the molecule is Cc1cc(=O)c(C(=O)N2CCC(C(=O)c3ccccc3)CC2)nn1-c1cccc(C(F)(F)F)c1. The molecule has 9 heteroatoms. The standard InChI is InChI=1S/C25H22F3N3O3/c1-16-14-21(32)22(29-31(16)20-9-5-8-19(15-20)25(26,27)28)24(34)30-12-10-18(11-13-30)23(33)17-6-3-2-4-7-17/h2-9,14-15,18H,10-13H2,1H3. The molecule has 0 unspecified atom stereocenters. The van der Waals surface area contributed by atoms with Gasteiger partial charge in [-0.05, 0) is 38.0 Å². The van der Waals surface area contributed by atoms with E-state index in [2.05, 4.69) is 5.10 Å². The van der Waals surface area contributed by atoms with Crippen LogP contribution in [0.25, 0.3) is 5.69 Å². The number of halogens is 3. The van der Waals surface area contributed by atoms with Crippen LogP contribution < -0.4 is 5.43 Å². The second-order valence-corrected chi connectivity index (χ2v) is 8.26. The number of benzene rings is 2. The monoisotopic (exact) mass is 469 g/mol. The van der Waals surface area contributed by atoms with E-state index in [0.717, 1.165) is 16.8 Å². The van der Waals surface area contributed by atoms with Crippen molar-refractivity contribution in [1.29, 1.82) is 0 Å². The van der Waals surface area contributed by atoms with Gasteiger partial charge in [-0.1, -0.05) is 36.4 Å². The van der Waals surface area contributed by atoms with Crippen molar-refractivity contribution in [2.75, 3.05) is 13.1 Å². The molecule has 1 aliphatic heterocycles. The minimum Gasteiger partial charge on any atom is -0.337 e. The van der Waals surface area contributed by atoms with Gasteiger partial charge in [-0.2, -0.15) is 18.3 Å². The van der Waals surface area contributed by atoms with Gasteiger partial charge in [0.2, 0.25) is 5.43 Å². The van der Waals surface area contributed by atoms with Crippen molar-refractivity contribution in [2.45, 2.75) is 25.9 Å². The zero-order valence-electron chi connectivity index (χ0n) is 18.4. The van der Waals surface area contributed by atoms with E-state index < -0.39 is 23.1 Å². The van der Waals surface area contributed by atoms with E-state index in [1.54, 1.807) is 24.3 Å². The quantitative estimate of drug-likeness (QED) is 0.535. The Morgan fingerprint density at radius 2 is 1.65 bits per heavy atom. The van der Waals surface area contributed by atoms with Crippen LogP contribution in [0.15, 0.2) is 65.5 Å². The molecule has 176 valence electrons. The molecule has 0 bridgehead atoms. The molecule has 0 saturated carbocycles. The van der Waals surface area contributed by atoms with Crippen molar-refractivity contribution in [3.8, 4) is 5.69 Å². The van der Waals surface area contributed by atoms with Crippen LogP contribution >= 0.6 is 0 Å². The van der Waals surface area contributed by atoms with Crippen molar-refractivity contribution < 1.29 is 22.8 Å². The van der Waals surface area contributed by atoms with Gasteiger partial charge < -0.3 is 4.90 Å². The number of Topliss-reactive ketones (excluding diaryl/α,β-unsaturated/α-hetero) is 1. The van der Waals surface area contributed by atoms with E-state index in [0.29, 0.717) is 24.1 Å². The number of aryl methyl sites for hydroxylation is 1. The minimum atomic E-state index is -4.54. The van der Waals surface area contributed by atoms with E-state index in [1.165, 1.54) is 30.0 Å². The number of rotatable bonds is 4. The molecule has 0 atom stereocenters. The fraction of sp³-hybridized carbons (Fsp3) is 0.280. The van der Waals surface area contributed by atoms with Crippen molar-refractivity contribution >= 4 is 11.7 Å². The van der Waals surface area contributed by atoms with E-state index in [4.69, 9.17) is 0 Å². The second kappa shape index (κ2) is 9.24. The number of hydrogen-bond acceptors (Lipinski definition) is 4. The first-order valence-electron chi connectivity index (χ1n) is 10.8. The van der Waals surface area contributed by atoms with Gasteiger partial charge in [0.1, 0.15) is 0 Å². The Morgan fingerprint density at radius 1 is 0.971 bits per heavy atom. The summed E-state index contributed by atoms with van der Waals surface area (Å²) in [6, 6.07) is 14.6. The molecule has 34 heavy (non-hydrogen) atoms. The number of hydrogen-bond donors (Lipinski definition) is 0. The Balaban J connectivity index is 1.55. The largest absolute Gasteiger partial charge is 0.416 e. The summed E-state index contributed by atoms with van der Waals surface area (Å²) in [6.45, 7) is 2.09. The van der Waals surface area contributed by atoms with Crippen LogP contribution in [0.4, 0.5) is 13.2 Å². The van der Waals surface area contributed by atoms with E-state index >= 15 is 0 Å². The highest BCUT2D eigenvalue weighted by Gasteiger charge is 2.32. The Hall–Kier alpha value is -3.75. The lowest BCUT2D eigenvalue weighted by molar-refractivity contribution is -0.137. The number of alkyl halides is 3. The van der Waals surface area contributed by atoms with Crippen LogP contribution in [0.1, 0.15) is 44.9 Å². The molecular weight excluding hydrogens is 447 g/mol. The Labute approximate surface area is 193 Å². The van der Waals surface area contributed by atoms with Crippen LogP contribution in [0, 0.1) is 12.8 Å². The van der Waals surface area contributed by atoms with Gasteiger partial charge >= 0.3 is 6.18 Å². The smallest absolute Gasteiger partial charge is 0.337 e. The van der Waals surface area contributed by atoms with E-state index in [1.807, 2.05) is 6.07 Å². The first-order chi connectivity index (χ1) is 16.1. The van der Waals surface area contributed by atoms with Gasteiger partial charge in [0, 0.05) is 36.3 Å². The summed E-state index contributed by atoms with van der Waals surface area (Å²) in [4.78, 5) is 39.8. The molecule has 0 spiro atoms. The molecular formula is C25H22F3N3O3. The maximum Gasteiger partial charge on any atom is 0.416 e. The first kappa shape index (κ1) is 23.4. The molecule has 1 aliphatic rings. The van der Waals surface area contributed by atoms with Crippen LogP contribution in [-0.4, -0.2) is 39.5 Å². The van der Waals surface area contributed by atoms with Crippen molar-refractivity contribution in [2.24, 2.45) is 5.92 Å². The molecule has 2 aromatic carbocycles. The number of aromatic nitrogens is 2.